The third-order valence-corrected chi connectivity index (χ3v) is 5.50. The molecule has 1 saturated heterocycles. The zero-order chi connectivity index (χ0) is 17.1. The highest BCUT2D eigenvalue weighted by Gasteiger charge is 2.29. The predicted molar refractivity (Wildman–Crippen MR) is 101 cm³/mol. The third kappa shape index (κ3) is 3.42. The number of hydrogen-bond acceptors (Lipinski definition) is 3. The highest BCUT2D eigenvalue weighted by molar-refractivity contribution is 7.10. The second-order valence-electron chi connectivity index (χ2n) is 6.10. The molecule has 3 aromatic rings. The highest BCUT2D eigenvalue weighted by atomic mass is 32.1. The van der Waals surface area contributed by atoms with Gasteiger partial charge in [-0.2, -0.15) is 0 Å². The molecule has 4 rings (SSSR count). The van der Waals surface area contributed by atoms with E-state index < -0.39 is 0 Å². The van der Waals surface area contributed by atoms with E-state index in [1.54, 1.807) is 29.9 Å². The molecule has 1 aliphatic heterocycles. The van der Waals surface area contributed by atoms with Gasteiger partial charge in [-0.1, -0.05) is 18.2 Å². The molecular formula is C20H19N3OS. The summed E-state index contributed by atoms with van der Waals surface area (Å²) in [6, 6.07) is 12.5. The molecule has 2 aromatic heterocycles. The van der Waals surface area contributed by atoms with Gasteiger partial charge in [-0.15, -0.1) is 11.3 Å². The van der Waals surface area contributed by atoms with Crippen LogP contribution in [-0.4, -0.2) is 26.9 Å². The number of hydrogen-bond donors (Lipinski definition) is 0. The van der Waals surface area contributed by atoms with Crippen LogP contribution in [0.25, 0.3) is 11.8 Å². The van der Waals surface area contributed by atoms with Crippen molar-refractivity contribution in [2.24, 2.45) is 0 Å². The molecule has 1 aromatic carbocycles. The molecule has 1 aliphatic rings. The van der Waals surface area contributed by atoms with Gasteiger partial charge >= 0.3 is 0 Å². The Kier molecular flexibility index (Phi) is 4.48. The van der Waals surface area contributed by atoms with E-state index in [1.807, 2.05) is 46.0 Å². The molecule has 3 heterocycles. The first-order chi connectivity index (χ1) is 12.3. The number of amides is 1. The monoisotopic (exact) mass is 349 g/mol. The number of thiophene rings is 1. The first-order valence-corrected chi connectivity index (χ1v) is 9.30. The molecule has 0 radical (unpaired) electrons. The summed E-state index contributed by atoms with van der Waals surface area (Å²) in [7, 11) is 0. The van der Waals surface area contributed by atoms with Crippen molar-refractivity contribution in [2.45, 2.75) is 18.9 Å². The van der Waals surface area contributed by atoms with Gasteiger partial charge in [0, 0.05) is 35.6 Å². The van der Waals surface area contributed by atoms with Gasteiger partial charge in [0.2, 0.25) is 5.91 Å². The van der Waals surface area contributed by atoms with Gasteiger partial charge in [0.25, 0.3) is 0 Å². The van der Waals surface area contributed by atoms with Crippen LogP contribution in [0.2, 0.25) is 0 Å². The first-order valence-electron chi connectivity index (χ1n) is 8.42. The Labute approximate surface area is 151 Å². The van der Waals surface area contributed by atoms with Crippen LogP contribution >= 0.6 is 11.3 Å². The number of likely N-dealkylation sites (tertiary alicyclic amines) is 1. The maximum Gasteiger partial charge on any atom is 0.247 e. The van der Waals surface area contributed by atoms with Crippen LogP contribution in [0.1, 0.15) is 29.3 Å². The molecule has 4 nitrogen and oxygen atoms in total. The molecule has 0 spiro atoms. The smallest absolute Gasteiger partial charge is 0.247 e. The summed E-state index contributed by atoms with van der Waals surface area (Å²) in [5.74, 6) is 0.0922. The van der Waals surface area contributed by atoms with E-state index >= 15 is 0 Å². The fraction of sp³-hybridized carbons (Fsp3) is 0.200. The lowest BCUT2D eigenvalue weighted by Crippen LogP contribution is -2.28. The molecule has 1 fully saturated rings. The van der Waals surface area contributed by atoms with Gasteiger partial charge in [-0.3, -0.25) is 4.79 Å². The number of imidazole rings is 1. The molecule has 25 heavy (non-hydrogen) atoms. The van der Waals surface area contributed by atoms with E-state index in [9.17, 15) is 4.79 Å². The number of carbonyl (C=O) groups is 1. The van der Waals surface area contributed by atoms with Gasteiger partial charge in [-0.25, -0.2) is 4.98 Å². The third-order valence-electron chi connectivity index (χ3n) is 4.52. The van der Waals surface area contributed by atoms with Crippen LogP contribution in [-0.2, 0) is 4.79 Å². The number of benzene rings is 1. The summed E-state index contributed by atoms with van der Waals surface area (Å²) < 4.78 is 1.95. The minimum atomic E-state index is 0.0922. The second-order valence-corrected chi connectivity index (χ2v) is 7.08. The minimum absolute atomic E-state index is 0.0922. The average Bonchev–Trinajstić information content (AvgIpc) is 3.41. The predicted octanol–water partition coefficient (Wildman–Crippen LogP) is 4.31. The Morgan fingerprint density at radius 1 is 1.24 bits per heavy atom. The summed E-state index contributed by atoms with van der Waals surface area (Å²) in [5, 5.41) is 2.08. The quantitative estimate of drug-likeness (QED) is 0.658. The molecule has 1 atom stereocenters. The van der Waals surface area contributed by atoms with E-state index in [1.165, 1.54) is 4.88 Å². The van der Waals surface area contributed by atoms with Crippen LogP contribution in [0.5, 0.6) is 0 Å². The van der Waals surface area contributed by atoms with Gasteiger partial charge in [0.15, 0.2) is 0 Å². The van der Waals surface area contributed by atoms with Crippen molar-refractivity contribution >= 4 is 23.3 Å². The molecule has 0 N–H and O–H groups in total. The SMILES string of the molecule is O=C(/C=C/c1ccc(-n2ccnc2)cc1)N1CCC[C@@H]1c1cccs1. The largest absolute Gasteiger partial charge is 0.331 e. The number of nitrogens with zero attached hydrogens (tertiary/aromatic N) is 3. The maximum atomic E-state index is 12.6. The fourth-order valence-corrected chi connectivity index (χ4v) is 4.11. The van der Waals surface area contributed by atoms with Crippen molar-refractivity contribution in [3.05, 3.63) is 77.0 Å². The van der Waals surface area contributed by atoms with Gasteiger partial charge in [-0.05, 0) is 48.1 Å². The fourth-order valence-electron chi connectivity index (χ4n) is 3.24. The zero-order valence-electron chi connectivity index (χ0n) is 13.8. The maximum absolute atomic E-state index is 12.6. The van der Waals surface area contributed by atoms with Gasteiger partial charge in [0.05, 0.1) is 12.4 Å². The van der Waals surface area contributed by atoms with Crippen molar-refractivity contribution in [1.29, 1.82) is 0 Å². The van der Waals surface area contributed by atoms with Crippen molar-refractivity contribution in [3.8, 4) is 5.69 Å². The molecule has 0 aliphatic carbocycles. The van der Waals surface area contributed by atoms with E-state index in [0.29, 0.717) is 0 Å². The minimum Gasteiger partial charge on any atom is -0.331 e. The van der Waals surface area contributed by atoms with E-state index in [0.717, 1.165) is 30.6 Å². The molecule has 5 heteroatoms. The van der Waals surface area contributed by atoms with Crippen LogP contribution in [0.15, 0.2) is 66.6 Å². The average molecular weight is 349 g/mol. The van der Waals surface area contributed by atoms with Crippen molar-refractivity contribution < 1.29 is 4.79 Å². The number of carbonyl (C=O) groups excluding carboxylic acids is 1. The zero-order valence-corrected chi connectivity index (χ0v) is 14.6. The van der Waals surface area contributed by atoms with Crippen molar-refractivity contribution in [3.63, 3.8) is 0 Å². The van der Waals surface area contributed by atoms with Crippen LogP contribution in [0, 0.1) is 0 Å². The lowest BCUT2D eigenvalue weighted by Gasteiger charge is -2.22. The summed E-state index contributed by atoms with van der Waals surface area (Å²) in [6.45, 7) is 0.839. The Balaban J connectivity index is 1.45. The van der Waals surface area contributed by atoms with E-state index in [-0.39, 0.29) is 11.9 Å². The Hall–Kier alpha value is -2.66. The standard InChI is InChI=1S/C20H19N3OS/c24-20(23-12-1-3-18(23)19-4-2-14-25-19)10-7-16-5-8-17(9-6-16)22-13-11-21-15-22/h2,4-11,13-15,18H,1,3,12H2/b10-7+/t18-/m1/s1. The Morgan fingerprint density at radius 2 is 2.12 bits per heavy atom. The van der Waals surface area contributed by atoms with Gasteiger partial charge in [0.1, 0.15) is 0 Å². The summed E-state index contributed by atoms with van der Waals surface area (Å²) in [6.07, 6.45) is 11.1. The van der Waals surface area contributed by atoms with E-state index in [2.05, 4.69) is 22.5 Å². The number of aromatic nitrogens is 2. The Bertz CT molecular complexity index is 851. The molecular weight excluding hydrogens is 330 g/mol. The topological polar surface area (TPSA) is 38.1 Å². The molecule has 1 amide bonds. The highest BCUT2D eigenvalue weighted by Crippen LogP contribution is 2.34. The van der Waals surface area contributed by atoms with Crippen LogP contribution in [0.3, 0.4) is 0 Å². The second kappa shape index (κ2) is 7.07. The molecule has 126 valence electrons. The summed E-state index contributed by atoms with van der Waals surface area (Å²) >= 11 is 1.73. The molecule has 0 bridgehead atoms. The molecule has 0 saturated carbocycles. The lowest BCUT2D eigenvalue weighted by atomic mass is 10.1. The first kappa shape index (κ1) is 15.8. The van der Waals surface area contributed by atoms with Crippen molar-refractivity contribution in [1.82, 2.24) is 14.5 Å². The van der Waals surface area contributed by atoms with Crippen LogP contribution < -0.4 is 0 Å². The summed E-state index contributed by atoms with van der Waals surface area (Å²) in [5.41, 5.74) is 2.07. The van der Waals surface area contributed by atoms with Crippen LogP contribution in [0.4, 0.5) is 0 Å². The summed E-state index contributed by atoms with van der Waals surface area (Å²) in [4.78, 5) is 19.9. The number of rotatable bonds is 4. The van der Waals surface area contributed by atoms with Gasteiger partial charge < -0.3 is 9.47 Å². The lowest BCUT2D eigenvalue weighted by molar-refractivity contribution is -0.126. The van der Waals surface area contributed by atoms with E-state index in [4.69, 9.17) is 0 Å². The molecule has 0 unspecified atom stereocenters. The Morgan fingerprint density at radius 3 is 2.84 bits per heavy atom. The normalized spacial score (nSPS) is 17.4. The van der Waals surface area contributed by atoms with Crippen molar-refractivity contribution in [2.75, 3.05) is 6.54 Å².